The van der Waals surface area contributed by atoms with Crippen molar-refractivity contribution in [3.05, 3.63) is 17.5 Å². The van der Waals surface area contributed by atoms with Gasteiger partial charge in [0.05, 0.1) is 5.69 Å². The van der Waals surface area contributed by atoms with E-state index in [1.807, 2.05) is 0 Å². The van der Waals surface area contributed by atoms with Crippen LogP contribution in [0.2, 0.25) is 0 Å². The predicted molar refractivity (Wildman–Crippen MR) is 71.1 cm³/mol. The highest BCUT2D eigenvalue weighted by atomic mass is 15.3. The first-order valence-electron chi connectivity index (χ1n) is 6.79. The van der Waals surface area contributed by atoms with Gasteiger partial charge < -0.3 is 5.32 Å². The largest absolute Gasteiger partial charge is 0.316 e. The SMILES string of the molecule is CCn1nc(C)cc1CC1(CC(C)C)CNC1. The molecule has 0 spiro atoms. The van der Waals surface area contributed by atoms with Crippen molar-refractivity contribution in [3.8, 4) is 0 Å². The molecule has 1 aromatic heterocycles. The molecule has 0 bridgehead atoms. The summed E-state index contributed by atoms with van der Waals surface area (Å²) in [5, 5.41) is 7.99. The van der Waals surface area contributed by atoms with Crippen LogP contribution in [0.5, 0.6) is 0 Å². The number of nitrogens with zero attached hydrogens (tertiary/aromatic N) is 2. The minimum Gasteiger partial charge on any atom is -0.316 e. The van der Waals surface area contributed by atoms with Gasteiger partial charge in [-0.3, -0.25) is 4.68 Å². The second kappa shape index (κ2) is 4.81. The molecule has 0 radical (unpaired) electrons. The lowest BCUT2D eigenvalue weighted by Gasteiger charge is -2.44. The first-order chi connectivity index (χ1) is 8.04. The van der Waals surface area contributed by atoms with Gasteiger partial charge in [0, 0.05) is 30.7 Å². The summed E-state index contributed by atoms with van der Waals surface area (Å²) in [5.41, 5.74) is 3.04. The van der Waals surface area contributed by atoms with Crippen LogP contribution in [-0.2, 0) is 13.0 Å². The highest BCUT2D eigenvalue weighted by molar-refractivity contribution is 5.13. The first kappa shape index (κ1) is 12.6. The Labute approximate surface area is 105 Å². The standard InChI is InChI=1S/C14H25N3/c1-5-17-13(6-12(4)16-17)8-14(7-11(2)3)9-15-10-14/h6,11,15H,5,7-10H2,1-4H3. The highest BCUT2D eigenvalue weighted by Crippen LogP contribution is 2.34. The van der Waals surface area contributed by atoms with Crippen LogP contribution in [0.15, 0.2) is 6.07 Å². The number of aromatic nitrogens is 2. The first-order valence-corrected chi connectivity index (χ1v) is 6.79. The lowest BCUT2D eigenvalue weighted by Crippen LogP contribution is -2.55. The van der Waals surface area contributed by atoms with Gasteiger partial charge >= 0.3 is 0 Å². The number of nitrogens with one attached hydrogen (secondary N) is 1. The second-order valence-electron chi connectivity index (χ2n) is 5.97. The van der Waals surface area contributed by atoms with Crippen LogP contribution in [0.4, 0.5) is 0 Å². The number of rotatable bonds is 5. The van der Waals surface area contributed by atoms with E-state index in [1.54, 1.807) is 0 Å². The smallest absolute Gasteiger partial charge is 0.0596 e. The summed E-state index contributed by atoms with van der Waals surface area (Å²) < 4.78 is 2.16. The Morgan fingerprint density at radius 3 is 2.65 bits per heavy atom. The summed E-state index contributed by atoms with van der Waals surface area (Å²) in [7, 11) is 0. The summed E-state index contributed by atoms with van der Waals surface area (Å²) in [6.45, 7) is 12.2. The summed E-state index contributed by atoms with van der Waals surface area (Å²) in [4.78, 5) is 0. The van der Waals surface area contributed by atoms with Crippen LogP contribution >= 0.6 is 0 Å². The predicted octanol–water partition coefficient (Wildman–Crippen LogP) is 2.39. The van der Waals surface area contributed by atoms with Gasteiger partial charge in [0.1, 0.15) is 0 Å². The average molecular weight is 235 g/mol. The fourth-order valence-corrected chi connectivity index (χ4v) is 3.09. The molecular weight excluding hydrogens is 210 g/mol. The molecule has 3 nitrogen and oxygen atoms in total. The zero-order chi connectivity index (χ0) is 12.5. The zero-order valence-electron chi connectivity index (χ0n) is 11.6. The molecule has 1 aliphatic rings. The van der Waals surface area contributed by atoms with Crippen molar-refractivity contribution in [2.24, 2.45) is 11.3 Å². The van der Waals surface area contributed by atoms with Crippen LogP contribution in [-0.4, -0.2) is 22.9 Å². The Hall–Kier alpha value is -0.830. The Morgan fingerprint density at radius 1 is 1.47 bits per heavy atom. The van der Waals surface area contributed by atoms with E-state index in [-0.39, 0.29) is 0 Å². The van der Waals surface area contributed by atoms with Gasteiger partial charge in [0.25, 0.3) is 0 Å². The molecule has 1 aromatic rings. The van der Waals surface area contributed by atoms with Crippen molar-refractivity contribution in [3.63, 3.8) is 0 Å². The molecule has 0 amide bonds. The molecule has 2 rings (SSSR count). The summed E-state index contributed by atoms with van der Waals surface area (Å²) in [5.74, 6) is 0.774. The molecule has 0 unspecified atom stereocenters. The Balaban J connectivity index is 2.12. The quantitative estimate of drug-likeness (QED) is 0.849. The lowest BCUT2D eigenvalue weighted by molar-refractivity contribution is 0.128. The van der Waals surface area contributed by atoms with Gasteiger partial charge in [-0.05, 0) is 38.7 Å². The van der Waals surface area contributed by atoms with Gasteiger partial charge in [-0.15, -0.1) is 0 Å². The van der Waals surface area contributed by atoms with Gasteiger partial charge in [0.2, 0.25) is 0 Å². The van der Waals surface area contributed by atoms with Gasteiger partial charge in [-0.2, -0.15) is 5.10 Å². The van der Waals surface area contributed by atoms with Gasteiger partial charge in [0.15, 0.2) is 0 Å². The maximum absolute atomic E-state index is 4.55. The van der Waals surface area contributed by atoms with E-state index in [2.05, 4.69) is 48.9 Å². The second-order valence-corrected chi connectivity index (χ2v) is 5.97. The minimum absolute atomic E-state index is 0.480. The summed E-state index contributed by atoms with van der Waals surface area (Å²) >= 11 is 0. The zero-order valence-corrected chi connectivity index (χ0v) is 11.6. The van der Waals surface area contributed by atoms with Crippen LogP contribution < -0.4 is 5.32 Å². The Bertz CT molecular complexity index is 375. The molecule has 0 aliphatic carbocycles. The van der Waals surface area contributed by atoms with Gasteiger partial charge in [-0.25, -0.2) is 0 Å². The third kappa shape index (κ3) is 2.71. The van der Waals surface area contributed by atoms with E-state index in [9.17, 15) is 0 Å². The monoisotopic (exact) mass is 235 g/mol. The molecular formula is C14H25N3. The van der Waals surface area contributed by atoms with Crippen molar-refractivity contribution >= 4 is 0 Å². The Kier molecular flexibility index (Phi) is 3.57. The van der Waals surface area contributed by atoms with Gasteiger partial charge in [-0.1, -0.05) is 13.8 Å². The lowest BCUT2D eigenvalue weighted by atomic mass is 9.72. The minimum atomic E-state index is 0.480. The summed E-state index contributed by atoms with van der Waals surface area (Å²) in [6.07, 6.45) is 2.49. The molecule has 2 heterocycles. The molecule has 96 valence electrons. The molecule has 0 atom stereocenters. The van der Waals surface area contributed by atoms with Crippen molar-refractivity contribution in [1.82, 2.24) is 15.1 Å². The van der Waals surface area contributed by atoms with E-state index >= 15 is 0 Å². The van der Waals surface area contributed by atoms with Crippen molar-refractivity contribution < 1.29 is 0 Å². The summed E-state index contributed by atoms with van der Waals surface area (Å²) in [6, 6.07) is 2.25. The van der Waals surface area contributed by atoms with Crippen LogP contribution in [0.1, 0.15) is 38.6 Å². The normalized spacial score (nSPS) is 18.4. The number of hydrogen-bond donors (Lipinski definition) is 1. The fraction of sp³-hybridized carbons (Fsp3) is 0.786. The van der Waals surface area contributed by atoms with Crippen molar-refractivity contribution in [2.75, 3.05) is 13.1 Å². The fourth-order valence-electron chi connectivity index (χ4n) is 3.09. The Morgan fingerprint density at radius 2 is 2.18 bits per heavy atom. The van der Waals surface area contributed by atoms with Crippen LogP contribution in [0.25, 0.3) is 0 Å². The average Bonchev–Trinajstić information content (AvgIpc) is 2.54. The molecule has 0 aromatic carbocycles. The van der Waals surface area contributed by atoms with E-state index < -0.39 is 0 Å². The van der Waals surface area contributed by atoms with E-state index in [1.165, 1.54) is 31.6 Å². The van der Waals surface area contributed by atoms with E-state index in [0.29, 0.717) is 5.41 Å². The van der Waals surface area contributed by atoms with Crippen LogP contribution in [0.3, 0.4) is 0 Å². The third-order valence-electron chi connectivity index (χ3n) is 3.68. The maximum Gasteiger partial charge on any atom is 0.0596 e. The molecule has 3 heteroatoms. The molecule has 17 heavy (non-hydrogen) atoms. The molecule has 1 N–H and O–H groups in total. The van der Waals surface area contributed by atoms with E-state index in [0.717, 1.165) is 18.2 Å². The van der Waals surface area contributed by atoms with Crippen LogP contribution in [0, 0.1) is 18.3 Å². The third-order valence-corrected chi connectivity index (χ3v) is 3.68. The molecule has 1 fully saturated rings. The number of aryl methyl sites for hydroxylation is 2. The molecule has 0 saturated carbocycles. The molecule has 1 saturated heterocycles. The van der Waals surface area contributed by atoms with Crippen molar-refractivity contribution in [1.29, 1.82) is 0 Å². The topological polar surface area (TPSA) is 29.9 Å². The maximum atomic E-state index is 4.55. The number of hydrogen-bond acceptors (Lipinski definition) is 2. The molecule has 1 aliphatic heterocycles. The van der Waals surface area contributed by atoms with E-state index in [4.69, 9.17) is 0 Å². The highest BCUT2D eigenvalue weighted by Gasteiger charge is 2.38. The van der Waals surface area contributed by atoms with Crippen molar-refractivity contribution in [2.45, 2.75) is 47.1 Å².